The van der Waals surface area contributed by atoms with E-state index >= 15 is 0 Å². The van der Waals surface area contributed by atoms with Crippen LogP contribution in [0.25, 0.3) is 10.9 Å². The van der Waals surface area contributed by atoms with E-state index in [1.54, 1.807) is 39.7 Å². The molecule has 1 heterocycles. The predicted octanol–water partition coefficient (Wildman–Crippen LogP) is 5.79. The highest BCUT2D eigenvalue weighted by atomic mass is 16.5. The Bertz CT molecular complexity index is 1240. The number of carbonyl (C=O) groups excluding carboxylic acids is 1. The van der Waals surface area contributed by atoms with Crippen LogP contribution in [0.15, 0.2) is 66.9 Å². The summed E-state index contributed by atoms with van der Waals surface area (Å²) in [5.74, 6) is 1.49. The van der Waals surface area contributed by atoms with Crippen LogP contribution >= 0.6 is 0 Å². The van der Waals surface area contributed by atoms with Crippen LogP contribution in [0.4, 0.5) is 5.69 Å². The molecule has 0 spiro atoms. The second-order valence-electron chi connectivity index (χ2n) is 7.66. The highest BCUT2D eigenvalue weighted by molar-refractivity contribution is 6.12. The Balaban J connectivity index is 1.79. The predicted molar refractivity (Wildman–Crippen MR) is 131 cm³/mol. The van der Waals surface area contributed by atoms with Crippen molar-refractivity contribution in [3.8, 4) is 17.2 Å². The fourth-order valence-corrected chi connectivity index (χ4v) is 4.15. The SMILES string of the molecule is CCc1cccc2c(C(=O)[C@@H](Nc3cc(OC)c(OC)c(OC)c3)c3ccccc3)c[nH]c12. The van der Waals surface area contributed by atoms with Gasteiger partial charge in [0.2, 0.25) is 5.75 Å². The summed E-state index contributed by atoms with van der Waals surface area (Å²) < 4.78 is 16.4. The molecule has 0 radical (unpaired) electrons. The molecule has 3 aromatic carbocycles. The van der Waals surface area contributed by atoms with Crippen LogP contribution in [0.5, 0.6) is 17.2 Å². The fourth-order valence-electron chi connectivity index (χ4n) is 4.15. The zero-order valence-electron chi connectivity index (χ0n) is 19.3. The Labute approximate surface area is 193 Å². The van der Waals surface area contributed by atoms with Gasteiger partial charge in [-0.05, 0) is 17.5 Å². The summed E-state index contributed by atoms with van der Waals surface area (Å²) in [7, 11) is 4.70. The van der Waals surface area contributed by atoms with E-state index in [2.05, 4.69) is 23.3 Å². The van der Waals surface area contributed by atoms with E-state index in [9.17, 15) is 4.79 Å². The van der Waals surface area contributed by atoms with Gasteiger partial charge in [0.25, 0.3) is 0 Å². The Morgan fingerprint density at radius 3 is 2.24 bits per heavy atom. The number of aromatic nitrogens is 1. The maximum atomic E-state index is 13.9. The number of nitrogens with one attached hydrogen (secondary N) is 2. The molecule has 1 atom stereocenters. The minimum absolute atomic E-state index is 0.0329. The summed E-state index contributed by atoms with van der Waals surface area (Å²) in [6, 6.07) is 18.7. The first-order valence-corrected chi connectivity index (χ1v) is 10.9. The standard InChI is InChI=1S/C27H28N2O4/c1-5-17-12-9-13-20-21(16-28-24(17)20)26(30)25(18-10-7-6-8-11-18)29-19-14-22(31-2)27(33-4)23(15-19)32-3/h6-16,25,28-29H,5H2,1-4H3/t25-/m0/s1. The highest BCUT2D eigenvalue weighted by Gasteiger charge is 2.26. The number of H-pyrrole nitrogens is 1. The van der Waals surface area contributed by atoms with Gasteiger partial charge in [0.15, 0.2) is 17.3 Å². The molecule has 1 aromatic heterocycles. The third-order valence-electron chi connectivity index (χ3n) is 5.82. The summed E-state index contributed by atoms with van der Waals surface area (Å²) in [6.45, 7) is 2.11. The molecule has 4 rings (SSSR count). The van der Waals surface area contributed by atoms with Crippen molar-refractivity contribution in [1.29, 1.82) is 0 Å². The van der Waals surface area contributed by atoms with Crippen LogP contribution in [0, 0.1) is 0 Å². The van der Waals surface area contributed by atoms with E-state index in [1.807, 2.05) is 42.5 Å². The Morgan fingerprint density at radius 2 is 1.64 bits per heavy atom. The molecule has 33 heavy (non-hydrogen) atoms. The Morgan fingerprint density at radius 1 is 0.939 bits per heavy atom. The van der Waals surface area contributed by atoms with Crippen LogP contribution in [0.1, 0.15) is 34.5 Å². The van der Waals surface area contributed by atoms with E-state index in [1.165, 1.54) is 5.56 Å². The minimum atomic E-state index is -0.613. The lowest BCUT2D eigenvalue weighted by molar-refractivity contribution is 0.0971. The summed E-state index contributed by atoms with van der Waals surface area (Å²) >= 11 is 0. The number of ether oxygens (including phenoxy) is 3. The summed E-state index contributed by atoms with van der Waals surface area (Å²) in [5, 5.41) is 4.32. The number of aromatic amines is 1. The summed E-state index contributed by atoms with van der Waals surface area (Å²) in [5.41, 5.74) is 4.37. The number of Topliss-reactive ketones (excluding diaryl/α,β-unsaturated/α-hetero) is 1. The largest absolute Gasteiger partial charge is 0.493 e. The molecule has 0 amide bonds. The van der Waals surface area contributed by atoms with Gasteiger partial charge in [0.1, 0.15) is 6.04 Å². The molecular weight excluding hydrogens is 416 g/mol. The molecule has 0 saturated heterocycles. The van der Waals surface area contributed by atoms with Crippen molar-refractivity contribution in [2.75, 3.05) is 26.6 Å². The van der Waals surface area contributed by atoms with Gasteiger partial charge in [-0.15, -0.1) is 0 Å². The smallest absolute Gasteiger partial charge is 0.203 e. The van der Waals surface area contributed by atoms with Crippen LogP contribution in [0.3, 0.4) is 0 Å². The number of rotatable bonds is 9. The average Bonchev–Trinajstić information content (AvgIpc) is 3.31. The van der Waals surface area contributed by atoms with Crippen LogP contribution in [-0.2, 0) is 6.42 Å². The van der Waals surface area contributed by atoms with Crippen molar-refractivity contribution >= 4 is 22.4 Å². The van der Waals surface area contributed by atoms with Gasteiger partial charge in [-0.1, -0.05) is 55.5 Å². The number of anilines is 1. The van der Waals surface area contributed by atoms with E-state index in [0.29, 0.717) is 28.5 Å². The van der Waals surface area contributed by atoms with Crippen molar-refractivity contribution in [3.05, 3.63) is 83.6 Å². The van der Waals surface area contributed by atoms with E-state index < -0.39 is 6.04 Å². The van der Waals surface area contributed by atoms with E-state index in [4.69, 9.17) is 14.2 Å². The topological polar surface area (TPSA) is 72.6 Å². The normalized spacial score (nSPS) is 11.8. The maximum absolute atomic E-state index is 13.9. The number of ketones is 1. The molecule has 6 nitrogen and oxygen atoms in total. The lowest BCUT2D eigenvalue weighted by Gasteiger charge is -2.21. The molecule has 170 valence electrons. The number of hydrogen-bond acceptors (Lipinski definition) is 5. The fraction of sp³-hybridized carbons (Fsp3) is 0.222. The van der Waals surface area contributed by atoms with Crippen molar-refractivity contribution in [2.24, 2.45) is 0 Å². The number of benzene rings is 3. The van der Waals surface area contributed by atoms with Gasteiger partial charge >= 0.3 is 0 Å². The van der Waals surface area contributed by atoms with Gasteiger partial charge in [0, 0.05) is 40.5 Å². The van der Waals surface area contributed by atoms with E-state index in [0.717, 1.165) is 22.9 Å². The van der Waals surface area contributed by atoms with Crippen LogP contribution < -0.4 is 19.5 Å². The zero-order valence-corrected chi connectivity index (χ0v) is 19.3. The number of para-hydroxylation sites is 1. The molecule has 0 unspecified atom stereocenters. The molecular formula is C27H28N2O4. The molecule has 0 aliphatic rings. The van der Waals surface area contributed by atoms with Crippen LogP contribution in [0.2, 0.25) is 0 Å². The monoisotopic (exact) mass is 444 g/mol. The number of fused-ring (bicyclic) bond motifs is 1. The third-order valence-corrected chi connectivity index (χ3v) is 5.82. The number of methoxy groups -OCH3 is 3. The number of hydrogen-bond donors (Lipinski definition) is 2. The molecule has 0 aliphatic carbocycles. The van der Waals surface area contributed by atoms with Crippen molar-refractivity contribution in [3.63, 3.8) is 0 Å². The highest BCUT2D eigenvalue weighted by Crippen LogP contribution is 2.41. The molecule has 0 aliphatic heterocycles. The van der Waals surface area contributed by atoms with Crippen molar-refractivity contribution in [1.82, 2.24) is 4.98 Å². The first-order chi connectivity index (χ1) is 16.1. The first-order valence-electron chi connectivity index (χ1n) is 10.9. The Kier molecular flexibility index (Phi) is 6.54. The molecule has 0 fully saturated rings. The quantitative estimate of drug-likeness (QED) is 0.320. The molecule has 2 N–H and O–H groups in total. The lowest BCUT2D eigenvalue weighted by atomic mass is 9.96. The van der Waals surface area contributed by atoms with Gasteiger partial charge < -0.3 is 24.5 Å². The minimum Gasteiger partial charge on any atom is -0.493 e. The molecule has 4 aromatic rings. The third kappa shape index (κ3) is 4.24. The second kappa shape index (κ2) is 9.69. The zero-order chi connectivity index (χ0) is 23.4. The van der Waals surface area contributed by atoms with Crippen molar-refractivity contribution < 1.29 is 19.0 Å². The van der Waals surface area contributed by atoms with Gasteiger partial charge in [0.05, 0.1) is 21.3 Å². The van der Waals surface area contributed by atoms with Crippen LogP contribution in [-0.4, -0.2) is 32.1 Å². The summed E-state index contributed by atoms with van der Waals surface area (Å²) in [6.07, 6.45) is 2.69. The average molecular weight is 445 g/mol. The lowest BCUT2D eigenvalue weighted by Crippen LogP contribution is -2.21. The molecule has 6 heteroatoms. The number of aryl methyl sites for hydroxylation is 1. The molecule has 0 bridgehead atoms. The van der Waals surface area contributed by atoms with E-state index in [-0.39, 0.29) is 5.78 Å². The van der Waals surface area contributed by atoms with Gasteiger partial charge in [-0.25, -0.2) is 0 Å². The van der Waals surface area contributed by atoms with Crippen molar-refractivity contribution in [2.45, 2.75) is 19.4 Å². The van der Waals surface area contributed by atoms with Gasteiger partial charge in [-0.3, -0.25) is 4.79 Å². The van der Waals surface area contributed by atoms with Gasteiger partial charge in [-0.2, -0.15) is 0 Å². The first kappa shape index (κ1) is 22.3. The Hall–Kier alpha value is -3.93. The molecule has 0 saturated carbocycles. The second-order valence-corrected chi connectivity index (χ2v) is 7.66. The summed E-state index contributed by atoms with van der Waals surface area (Å²) in [4.78, 5) is 17.2. The number of carbonyl (C=O) groups is 1. The maximum Gasteiger partial charge on any atom is 0.203 e.